The summed E-state index contributed by atoms with van der Waals surface area (Å²) in [5.41, 5.74) is 0. The molecule has 0 saturated carbocycles. The molecular weight excluding hydrogens is 244 g/mol. The van der Waals surface area contributed by atoms with Gasteiger partial charge in [0.25, 0.3) is 0 Å². The summed E-state index contributed by atoms with van der Waals surface area (Å²) in [5.74, 6) is 1.23. The summed E-state index contributed by atoms with van der Waals surface area (Å²) >= 11 is 3.36. The van der Waals surface area contributed by atoms with Gasteiger partial charge < -0.3 is 4.74 Å². The summed E-state index contributed by atoms with van der Waals surface area (Å²) in [7, 11) is 0. The zero-order chi connectivity index (χ0) is 9.80. The number of nitrogens with zero attached hydrogens (tertiary/aromatic N) is 2. The summed E-state index contributed by atoms with van der Waals surface area (Å²) in [5, 5.41) is 0. The molecule has 0 N–H and O–H groups in total. The fourth-order valence-electron chi connectivity index (χ4n) is 0.989. The van der Waals surface area contributed by atoms with Crippen LogP contribution in [0.1, 0.15) is 0 Å². The van der Waals surface area contributed by atoms with Crippen molar-refractivity contribution in [1.29, 1.82) is 0 Å². The third kappa shape index (κ3) is 2.29. The Labute approximate surface area is 89.9 Å². The van der Waals surface area contributed by atoms with E-state index in [2.05, 4.69) is 25.9 Å². The van der Waals surface area contributed by atoms with Crippen LogP contribution < -0.4 is 4.74 Å². The number of hydrogen-bond donors (Lipinski definition) is 0. The Balaban J connectivity index is 2.19. The van der Waals surface area contributed by atoms with Crippen molar-refractivity contribution in [3.05, 3.63) is 47.3 Å². The topological polar surface area (TPSA) is 35.0 Å². The van der Waals surface area contributed by atoms with Crippen LogP contribution in [-0.4, -0.2) is 9.97 Å². The minimum Gasteiger partial charge on any atom is -0.437 e. The van der Waals surface area contributed by atoms with Crippen LogP contribution in [0.25, 0.3) is 0 Å². The number of halogens is 1. The molecular formula is C10H7BrN2O. The molecule has 0 spiro atoms. The molecule has 2 rings (SSSR count). The first-order chi connectivity index (χ1) is 6.84. The second-order valence-electron chi connectivity index (χ2n) is 2.60. The number of hydrogen-bond acceptors (Lipinski definition) is 3. The van der Waals surface area contributed by atoms with Crippen molar-refractivity contribution in [2.24, 2.45) is 0 Å². The molecule has 0 aliphatic carbocycles. The van der Waals surface area contributed by atoms with E-state index >= 15 is 0 Å². The highest BCUT2D eigenvalue weighted by Crippen LogP contribution is 2.21. The summed E-state index contributed by atoms with van der Waals surface area (Å²) in [4.78, 5) is 7.91. The van der Waals surface area contributed by atoms with Crippen LogP contribution in [0.5, 0.6) is 11.6 Å². The average Bonchev–Trinajstić information content (AvgIpc) is 2.19. The Morgan fingerprint density at radius 2 is 2.14 bits per heavy atom. The molecule has 1 heterocycles. The van der Waals surface area contributed by atoms with Crippen LogP contribution in [-0.2, 0) is 0 Å². The standard InChI is InChI=1S/C10H7BrN2O/c11-8-2-1-3-9(6-8)14-10-7-12-4-5-13-10/h1-7H. The molecule has 0 aliphatic rings. The smallest absolute Gasteiger partial charge is 0.237 e. The zero-order valence-electron chi connectivity index (χ0n) is 7.22. The van der Waals surface area contributed by atoms with E-state index in [4.69, 9.17) is 4.74 Å². The molecule has 0 unspecified atom stereocenters. The van der Waals surface area contributed by atoms with Crippen LogP contribution in [0.15, 0.2) is 47.3 Å². The third-order valence-electron chi connectivity index (χ3n) is 1.56. The Hall–Kier alpha value is -1.42. The van der Waals surface area contributed by atoms with Crippen molar-refractivity contribution in [3.8, 4) is 11.6 Å². The van der Waals surface area contributed by atoms with Gasteiger partial charge in [0.1, 0.15) is 5.75 Å². The SMILES string of the molecule is Brc1cccc(Oc2cnccn2)c1. The fraction of sp³-hybridized carbons (Fsp3) is 0. The van der Waals surface area contributed by atoms with E-state index in [0.717, 1.165) is 10.2 Å². The maximum atomic E-state index is 5.46. The molecule has 0 bridgehead atoms. The first-order valence-electron chi connectivity index (χ1n) is 4.04. The Bertz CT molecular complexity index is 419. The highest BCUT2D eigenvalue weighted by atomic mass is 79.9. The predicted octanol–water partition coefficient (Wildman–Crippen LogP) is 3.03. The van der Waals surface area contributed by atoms with Gasteiger partial charge in [0.2, 0.25) is 5.88 Å². The molecule has 0 saturated heterocycles. The van der Waals surface area contributed by atoms with Crippen molar-refractivity contribution in [1.82, 2.24) is 9.97 Å². The molecule has 0 amide bonds. The molecule has 0 aliphatic heterocycles. The molecule has 0 fully saturated rings. The summed E-state index contributed by atoms with van der Waals surface area (Å²) in [6, 6.07) is 7.56. The van der Waals surface area contributed by atoms with Gasteiger partial charge in [0, 0.05) is 16.9 Å². The van der Waals surface area contributed by atoms with Gasteiger partial charge in [-0.3, -0.25) is 4.98 Å². The molecule has 14 heavy (non-hydrogen) atoms. The number of benzene rings is 1. The van der Waals surface area contributed by atoms with Gasteiger partial charge in [-0.1, -0.05) is 22.0 Å². The summed E-state index contributed by atoms with van der Waals surface area (Å²) in [6.07, 6.45) is 4.77. The van der Waals surface area contributed by atoms with E-state index in [-0.39, 0.29) is 0 Å². The van der Waals surface area contributed by atoms with Crippen LogP contribution in [0.3, 0.4) is 0 Å². The highest BCUT2D eigenvalue weighted by Gasteiger charge is 1.97. The molecule has 0 radical (unpaired) electrons. The third-order valence-corrected chi connectivity index (χ3v) is 2.05. The quantitative estimate of drug-likeness (QED) is 0.822. The van der Waals surface area contributed by atoms with E-state index in [9.17, 15) is 0 Å². The first-order valence-corrected chi connectivity index (χ1v) is 4.83. The van der Waals surface area contributed by atoms with Crippen molar-refractivity contribution in [3.63, 3.8) is 0 Å². The fourth-order valence-corrected chi connectivity index (χ4v) is 1.37. The lowest BCUT2D eigenvalue weighted by Gasteiger charge is -2.03. The Morgan fingerprint density at radius 3 is 2.86 bits per heavy atom. The van der Waals surface area contributed by atoms with Crippen LogP contribution in [0, 0.1) is 0 Å². The van der Waals surface area contributed by atoms with Crippen molar-refractivity contribution in [2.45, 2.75) is 0 Å². The lowest BCUT2D eigenvalue weighted by atomic mass is 10.3. The molecule has 1 aromatic heterocycles. The van der Waals surface area contributed by atoms with E-state index in [1.54, 1.807) is 18.6 Å². The normalized spacial score (nSPS) is 9.79. The molecule has 70 valence electrons. The lowest BCUT2D eigenvalue weighted by Crippen LogP contribution is -1.87. The first kappa shape index (κ1) is 9.15. The molecule has 4 heteroatoms. The minimum atomic E-state index is 0.491. The van der Waals surface area contributed by atoms with Gasteiger partial charge >= 0.3 is 0 Å². The maximum absolute atomic E-state index is 5.46. The van der Waals surface area contributed by atoms with E-state index in [0.29, 0.717) is 5.88 Å². The molecule has 2 aromatic rings. The van der Waals surface area contributed by atoms with Gasteiger partial charge in [-0.15, -0.1) is 0 Å². The van der Waals surface area contributed by atoms with E-state index < -0.39 is 0 Å². The molecule has 3 nitrogen and oxygen atoms in total. The second kappa shape index (κ2) is 4.19. The van der Waals surface area contributed by atoms with Crippen LogP contribution in [0.2, 0.25) is 0 Å². The van der Waals surface area contributed by atoms with Crippen molar-refractivity contribution in [2.75, 3.05) is 0 Å². The Morgan fingerprint density at radius 1 is 1.21 bits per heavy atom. The zero-order valence-corrected chi connectivity index (χ0v) is 8.81. The van der Waals surface area contributed by atoms with Gasteiger partial charge in [0.15, 0.2) is 0 Å². The minimum absolute atomic E-state index is 0.491. The second-order valence-corrected chi connectivity index (χ2v) is 3.52. The summed E-state index contributed by atoms with van der Waals surface area (Å²) in [6.45, 7) is 0. The van der Waals surface area contributed by atoms with Gasteiger partial charge in [-0.2, -0.15) is 0 Å². The van der Waals surface area contributed by atoms with E-state index in [1.165, 1.54) is 0 Å². The average molecular weight is 251 g/mol. The number of rotatable bonds is 2. The lowest BCUT2D eigenvalue weighted by molar-refractivity contribution is 0.460. The van der Waals surface area contributed by atoms with E-state index in [1.807, 2.05) is 24.3 Å². The monoisotopic (exact) mass is 250 g/mol. The van der Waals surface area contributed by atoms with Crippen molar-refractivity contribution < 1.29 is 4.74 Å². The maximum Gasteiger partial charge on any atom is 0.237 e. The number of ether oxygens (including phenoxy) is 1. The van der Waals surface area contributed by atoms with Gasteiger partial charge in [-0.05, 0) is 18.2 Å². The van der Waals surface area contributed by atoms with Gasteiger partial charge in [-0.25, -0.2) is 4.98 Å². The number of aromatic nitrogens is 2. The molecule has 1 aromatic carbocycles. The largest absolute Gasteiger partial charge is 0.437 e. The Kier molecular flexibility index (Phi) is 2.74. The van der Waals surface area contributed by atoms with Gasteiger partial charge in [0.05, 0.1) is 6.20 Å². The summed E-state index contributed by atoms with van der Waals surface area (Å²) < 4.78 is 6.43. The highest BCUT2D eigenvalue weighted by molar-refractivity contribution is 9.10. The van der Waals surface area contributed by atoms with Crippen LogP contribution >= 0.6 is 15.9 Å². The van der Waals surface area contributed by atoms with Crippen molar-refractivity contribution >= 4 is 15.9 Å². The van der Waals surface area contributed by atoms with Crippen LogP contribution in [0.4, 0.5) is 0 Å². The predicted molar refractivity (Wildman–Crippen MR) is 56.2 cm³/mol. The molecule has 0 atom stereocenters.